The first kappa shape index (κ1) is 19.3. The van der Waals surface area contributed by atoms with Crippen LogP contribution in [0.25, 0.3) is 10.2 Å². The van der Waals surface area contributed by atoms with Crippen LogP contribution in [-0.2, 0) is 6.18 Å². The Hall–Kier alpha value is -3.00. The van der Waals surface area contributed by atoms with Gasteiger partial charge in [-0.1, -0.05) is 11.3 Å². The molecule has 4 rings (SSSR count). The number of pyridine rings is 1. The number of aryl methyl sites for hydroxylation is 1. The topological polar surface area (TPSA) is 90.6 Å². The number of rotatable bonds is 3. The van der Waals surface area contributed by atoms with Crippen LogP contribution < -0.4 is 10.2 Å². The van der Waals surface area contributed by atoms with Gasteiger partial charge in [-0.2, -0.15) is 18.4 Å². The molecule has 0 saturated carbocycles. The number of nitriles is 1. The van der Waals surface area contributed by atoms with Crippen molar-refractivity contribution in [3.05, 3.63) is 29.8 Å². The number of piperidine rings is 1. The maximum atomic E-state index is 13.0. The third-order valence-corrected chi connectivity index (χ3v) is 5.68. The van der Waals surface area contributed by atoms with Gasteiger partial charge in [0.25, 0.3) is 0 Å². The monoisotopic (exact) mass is 419 g/mol. The molecule has 0 spiro atoms. The fourth-order valence-electron chi connectivity index (χ4n) is 3.22. The molecule has 0 aromatic carbocycles. The zero-order valence-corrected chi connectivity index (χ0v) is 16.2. The number of hydrogen-bond donors (Lipinski definition) is 1. The molecule has 1 atom stereocenters. The highest BCUT2D eigenvalue weighted by Gasteiger charge is 2.33. The van der Waals surface area contributed by atoms with Gasteiger partial charge in [0.2, 0.25) is 0 Å². The fraction of sp³-hybridized carbons (Fsp3) is 0.389. The Morgan fingerprint density at radius 2 is 2.14 bits per heavy atom. The van der Waals surface area contributed by atoms with Gasteiger partial charge in [-0.25, -0.2) is 19.9 Å². The minimum absolute atomic E-state index is 0.00959. The van der Waals surface area contributed by atoms with Crippen LogP contribution in [0, 0.1) is 24.2 Å². The summed E-state index contributed by atoms with van der Waals surface area (Å²) in [4.78, 5) is 18.4. The third kappa shape index (κ3) is 4.07. The Balaban J connectivity index is 1.66. The number of anilines is 3. The molecule has 1 saturated heterocycles. The van der Waals surface area contributed by atoms with Crippen molar-refractivity contribution >= 4 is 38.3 Å². The second-order valence-corrected chi connectivity index (χ2v) is 7.70. The van der Waals surface area contributed by atoms with Gasteiger partial charge in [0.15, 0.2) is 10.9 Å². The zero-order valence-electron chi connectivity index (χ0n) is 15.4. The lowest BCUT2D eigenvalue weighted by Gasteiger charge is -2.28. The van der Waals surface area contributed by atoms with E-state index < -0.39 is 11.9 Å². The number of fused-ring (bicyclic) bond motifs is 1. The van der Waals surface area contributed by atoms with Crippen molar-refractivity contribution in [2.24, 2.45) is 5.92 Å². The Kier molecular flexibility index (Phi) is 4.96. The molecule has 1 aliphatic rings. The fourth-order valence-corrected chi connectivity index (χ4v) is 4.26. The SMILES string of the molecule is Cc1nc(Nc2nccc3nc(N4CCCC(C#N)C4)sc23)cc(C(F)(F)F)n1. The molecule has 0 amide bonds. The van der Waals surface area contributed by atoms with E-state index in [0.29, 0.717) is 22.6 Å². The van der Waals surface area contributed by atoms with Crippen molar-refractivity contribution in [2.45, 2.75) is 25.9 Å². The molecule has 7 nitrogen and oxygen atoms in total. The first-order valence-corrected chi connectivity index (χ1v) is 9.75. The van der Waals surface area contributed by atoms with E-state index in [1.165, 1.54) is 18.3 Å². The van der Waals surface area contributed by atoms with Gasteiger partial charge in [0.05, 0.1) is 22.2 Å². The Morgan fingerprint density at radius 3 is 2.90 bits per heavy atom. The lowest BCUT2D eigenvalue weighted by atomic mass is 10.0. The number of aromatic nitrogens is 4. The van der Waals surface area contributed by atoms with Crippen molar-refractivity contribution in [1.82, 2.24) is 19.9 Å². The average molecular weight is 419 g/mol. The summed E-state index contributed by atoms with van der Waals surface area (Å²) in [7, 11) is 0. The van der Waals surface area contributed by atoms with Crippen LogP contribution in [-0.4, -0.2) is 33.0 Å². The van der Waals surface area contributed by atoms with Gasteiger partial charge in [0, 0.05) is 25.4 Å². The van der Waals surface area contributed by atoms with Crippen LogP contribution in [0.3, 0.4) is 0 Å². The molecule has 0 aliphatic carbocycles. The molecular weight excluding hydrogens is 403 g/mol. The number of nitrogens with zero attached hydrogens (tertiary/aromatic N) is 6. The lowest BCUT2D eigenvalue weighted by molar-refractivity contribution is -0.141. The van der Waals surface area contributed by atoms with E-state index >= 15 is 0 Å². The van der Waals surface area contributed by atoms with E-state index in [1.54, 1.807) is 12.3 Å². The number of nitrogens with one attached hydrogen (secondary N) is 1. The summed E-state index contributed by atoms with van der Waals surface area (Å²) in [5.41, 5.74) is -0.330. The number of alkyl halides is 3. The standard InChI is InChI=1S/C18H16F3N7S/c1-10-24-13(18(19,20)21)7-14(25-10)27-16-15-12(4-5-23-16)26-17(29-15)28-6-2-3-11(8-22)9-28/h4-5,7,11H,2-3,6,9H2,1H3,(H,23,24,25,27). The zero-order chi connectivity index (χ0) is 20.6. The van der Waals surface area contributed by atoms with Gasteiger partial charge in [-0.05, 0) is 25.8 Å². The summed E-state index contributed by atoms with van der Waals surface area (Å²) >= 11 is 1.39. The van der Waals surface area contributed by atoms with Crippen molar-refractivity contribution in [3.8, 4) is 6.07 Å². The van der Waals surface area contributed by atoms with Crippen LogP contribution >= 0.6 is 11.3 Å². The predicted molar refractivity (Wildman–Crippen MR) is 103 cm³/mol. The number of halogens is 3. The summed E-state index contributed by atoms with van der Waals surface area (Å²) < 4.78 is 39.8. The van der Waals surface area contributed by atoms with Gasteiger partial charge < -0.3 is 10.2 Å². The Labute approximate surface area is 168 Å². The maximum absolute atomic E-state index is 13.0. The van der Waals surface area contributed by atoms with Gasteiger partial charge in [-0.15, -0.1) is 0 Å². The molecule has 3 aromatic heterocycles. The van der Waals surface area contributed by atoms with Crippen LogP contribution in [0.1, 0.15) is 24.4 Å². The summed E-state index contributed by atoms with van der Waals surface area (Å²) in [6.07, 6.45) is -1.23. The predicted octanol–water partition coefficient (Wildman–Crippen LogP) is 4.29. The third-order valence-electron chi connectivity index (χ3n) is 4.54. The number of hydrogen-bond acceptors (Lipinski definition) is 8. The van der Waals surface area contributed by atoms with Crippen molar-refractivity contribution in [2.75, 3.05) is 23.3 Å². The minimum atomic E-state index is -4.56. The van der Waals surface area contributed by atoms with Crippen LogP contribution in [0.4, 0.5) is 29.9 Å². The molecular formula is C18H16F3N7S. The number of thiazole rings is 1. The van der Waals surface area contributed by atoms with Crippen molar-refractivity contribution < 1.29 is 13.2 Å². The maximum Gasteiger partial charge on any atom is 0.433 e. The van der Waals surface area contributed by atoms with Crippen LogP contribution in [0.15, 0.2) is 18.3 Å². The smallest absolute Gasteiger partial charge is 0.347 e. The van der Waals surface area contributed by atoms with Crippen LogP contribution in [0.5, 0.6) is 0 Å². The lowest BCUT2D eigenvalue weighted by Crippen LogP contribution is -2.34. The highest BCUT2D eigenvalue weighted by atomic mass is 32.1. The van der Waals surface area contributed by atoms with Crippen molar-refractivity contribution in [3.63, 3.8) is 0 Å². The first-order valence-electron chi connectivity index (χ1n) is 8.93. The van der Waals surface area contributed by atoms with E-state index in [2.05, 4.69) is 36.2 Å². The highest BCUT2D eigenvalue weighted by Crippen LogP contribution is 2.36. The quantitative estimate of drug-likeness (QED) is 0.677. The minimum Gasteiger partial charge on any atom is -0.347 e. The molecule has 3 aromatic rings. The Morgan fingerprint density at radius 1 is 1.31 bits per heavy atom. The molecule has 150 valence electrons. The van der Waals surface area contributed by atoms with E-state index in [0.717, 1.165) is 30.6 Å². The van der Waals surface area contributed by atoms with Gasteiger partial charge in [0.1, 0.15) is 17.3 Å². The van der Waals surface area contributed by atoms with E-state index in [-0.39, 0.29) is 17.6 Å². The average Bonchev–Trinajstić information content (AvgIpc) is 3.12. The van der Waals surface area contributed by atoms with Gasteiger partial charge >= 0.3 is 6.18 Å². The molecule has 29 heavy (non-hydrogen) atoms. The summed E-state index contributed by atoms with van der Waals surface area (Å²) in [6, 6.07) is 4.92. The summed E-state index contributed by atoms with van der Waals surface area (Å²) in [5.74, 6) is 0.375. The Bertz CT molecular complexity index is 1090. The second-order valence-electron chi connectivity index (χ2n) is 6.73. The molecule has 1 aliphatic heterocycles. The van der Waals surface area contributed by atoms with Gasteiger partial charge in [-0.3, -0.25) is 0 Å². The summed E-state index contributed by atoms with van der Waals surface area (Å²) in [6.45, 7) is 2.84. The van der Waals surface area contributed by atoms with Crippen LogP contribution in [0.2, 0.25) is 0 Å². The first-order chi connectivity index (χ1) is 13.8. The van der Waals surface area contributed by atoms with E-state index in [1.807, 2.05) is 0 Å². The van der Waals surface area contributed by atoms with E-state index in [9.17, 15) is 18.4 Å². The second kappa shape index (κ2) is 7.44. The molecule has 4 heterocycles. The summed E-state index contributed by atoms with van der Waals surface area (Å²) in [5, 5.41) is 12.8. The molecule has 1 fully saturated rings. The largest absolute Gasteiger partial charge is 0.433 e. The molecule has 1 unspecified atom stereocenters. The molecule has 11 heteroatoms. The van der Waals surface area contributed by atoms with Crippen molar-refractivity contribution in [1.29, 1.82) is 5.26 Å². The van der Waals surface area contributed by atoms with E-state index in [4.69, 9.17) is 0 Å². The highest BCUT2D eigenvalue weighted by molar-refractivity contribution is 7.22. The molecule has 0 radical (unpaired) electrons. The normalized spacial score (nSPS) is 17.3. The molecule has 1 N–H and O–H groups in total. The molecule has 0 bridgehead atoms.